The van der Waals surface area contributed by atoms with Crippen molar-refractivity contribution in [1.29, 1.82) is 0 Å². The monoisotopic (exact) mass is 385 g/mol. The first-order chi connectivity index (χ1) is 12.1. The summed E-state index contributed by atoms with van der Waals surface area (Å²) in [5.41, 5.74) is -0.172. The highest BCUT2D eigenvalue weighted by Crippen LogP contribution is 2.24. The Bertz CT molecular complexity index is 790. The van der Waals surface area contributed by atoms with Crippen LogP contribution in [-0.2, 0) is 19.4 Å². The molecule has 1 heterocycles. The van der Waals surface area contributed by atoms with E-state index in [0.717, 1.165) is 6.07 Å². The van der Waals surface area contributed by atoms with Crippen molar-refractivity contribution >= 4 is 21.7 Å². The summed E-state index contributed by atoms with van der Waals surface area (Å²) in [4.78, 5) is 26.1. The van der Waals surface area contributed by atoms with Crippen molar-refractivity contribution in [2.24, 2.45) is 0 Å². The van der Waals surface area contributed by atoms with Crippen LogP contribution in [0, 0.1) is 0 Å². The van der Waals surface area contributed by atoms with Gasteiger partial charge in [0, 0.05) is 18.2 Å². The smallest absolute Gasteiger partial charge is 0.342 e. The number of sulfone groups is 1. The van der Waals surface area contributed by atoms with E-state index in [2.05, 4.69) is 0 Å². The van der Waals surface area contributed by atoms with Crippen LogP contribution in [0.1, 0.15) is 37.0 Å². The van der Waals surface area contributed by atoms with Gasteiger partial charge in [0.25, 0.3) is 5.91 Å². The molecule has 1 aromatic rings. The summed E-state index contributed by atoms with van der Waals surface area (Å²) in [6.07, 6.45) is 1.00. The van der Waals surface area contributed by atoms with Gasteiger partial charge >= 0.3 is 5.97 Å². The Morgan fingerprint density at radius 2 is 2.04 bits per heavy atom. The second-order valence-corrected chi connectivity index (χ2v) is 8.62. The van der Waals surface area contributed by atoms with Gasteiger partial charge in [-0.1, -0.05) is 6.92 Å². The number of hydrogen-bond donors (Lipinski definition) is 2. The molecule has 0 radical (unpaired) electrons. The number of rotatable bonds is 6. The minimum Gasteiger partial charge on any atom is -0.508 e. The van der Waals surface area contributed by atoms with Crippen molar-refractivity contribution in [2.45, 2.75) is 38.8 Å². The summed E-state index contributed by atoms with van der Waals surface area (Å²) < 4.78 is 28.4. The molecule has 2 rings (SSSR count). The van der Waals surface area contributed by atoms with Crippen molar-refractivity contribution in [3.05, 3.63) is 23.8 Å². The van der Waals surface area contributed by atoms with Crippen LogP contribution in [0.4, 0.5) is 0 Å². The van der Waals surface area contributed by atoms with Gasteiger partial charge in [0.1, 0.15) is 17.1 Å². The maximum atomic E-state index is 12.6. The average molecular weight is 385 g/mol. The number of benzene rings is 1. The predicted octanol–water partition coefficient (Wildman–Crippen LogP) is 1.07. The number of hydrogen-bond acceptors (Lipinski definition) is 7. The number of ether oxygens (including phenoxy) is 1. The van der Waals surface area contributed by atoms with Gasteiger partial charge in [-0.25, -0.2) is 13.2 Å². The minimum absolute atomic E-state index is 0.0407. The molecular weight excluding hydrogens is 362 g/mol. The first-order valence-corrected chi connectivity index (χ1v) is 10.2. The number of carbonyl (C=O) groups excluding carboxylic acids is 2. The molecule has 26 heavy (non-hydrogen) atoms. The average Bonchev–Trinajstić information content (AvgIpc) is 2.92. The van der Waals surface area contributed by atoms with Crippen LogP contribution in [-0.4, -0.2) is 65.6 Å². The summed E-state index contributed by atoms with van der Waals surface area (Å²) in [6, 6.07) is 2.78. The van der Waals surface area contributed by atoms with Crippen molar-refractivity contribution in [3.8, 4) is 11.5 Å². The summed E-state index contributed by atoms with van der Waals surface area (Å²) >= 11 is 0. The topological polar surface area (TPSA) is 121 Å². The Kier molecular flexibility index (Phi) is 6.12. The fourth-order valence-electron chi connectivity index (χ4n) is 2.97. The van der Waals surface area contributed by atoms with Crippen LogP contribution in [0.2, 0.25) is 0 Å². The van der Waals surface area contributed by atoms with Crippen LogP contribution in [0.3, 0.4) is 0 Å². The highest BCUT2D eigenvalue weighted by Gasteiger charge is 2.36. The molecule has 1 fully saturated rings. The lowest BCUT2D eigenvalue weighted by molar-refractivity contribution is -0.138. The van der Waals surface area contributed by atoms with Gasteiger partial charge in [-0.15, -0.1) is 0 Å². The zero-order chi connectivity index (χ0) is 19.5. The highest BCUT2D eigenvalue weighted by molar-refractivity contribution is 7.91. The Morgan fingerprint density at radius 1 is 1.35 bits per heavy atom. The highest BCUT2D eigenvalue weighted by atomic mass is 32.2. The molecule has 2 N–H and O–H groups in total. The summed E-state index contributed by atoms with van der Waals surface area (Å²) in [7, 11) is -3.16. The standard InChI is InChI=1S/C17H23NO7S/c1-3-11(2)18(12-6-7-26(23,24)10-12)16(21)9-25-17(22)14-5-4-13(19)8-15(14)20/h4-5,8,11-12,19-20H,3,6-7,9-10H2,1-2H3/t11-,12-/m0/s1. The van der Waals surface area contributed by atoms with Gasteiger partial charge < -0.3 is 19.8 Å². The fourth-order valence-corrected chi connectivity index (χ4v) is 4.68. The van der Waals surface area contributed by atoms with E-state index < -0.39 is 40.1 Å². The van der Waals surface area contributed by atoms with Crippen molar-refractivity contribution < 1.29 is 33.0 Å². The largest absolute Gasteiger partial charge is 0.508 e. The maximum Gasteiger partial charge on any atom is 0.342 e. The first-order valence-electron chi connectivity index (χ1n) is 8.35. The van der Waals surface area contributed by atoms with E-state index in [0.29, 0.717) is 12.8 Å². The van der Waals surface area contributed by atoms with Crippen LogP contribution >= 0.6 is 0 Å². The van der Waals surface area contributed by atoms with Gasteiger partial charge in [0.05, 0.1) is 11.5 Å². The maximum absolute atomic E-state index is 12.6. The molecule has 0 bridgehead atoms. The third-order valence-corrected chi connectivity index (χ3v) is 6.23. The van der Waals surface area contributed by atoms with Crippen molar-refractivity contribution in [1.82, 2.24) is 4.90 Å². The molecule has 8 nitrogen and oxygen atoms in total. The molecule has 1 aliphatic rings. The third-order valence-electron chi connectivity index (χ3n) is 4.48. The molecule has 0 aromatic heterocycles. The summed E-state index contributed by atoms with van der Waals surface area (Å²) in [5, 5.41) is 18.9. The lowest BCUT2D eigenvalue weighted by atomic mass is 10.1. The molecule has 1 aromatic carbocycles. The van der Waals surface area contributed by atoms with Crippen LogP contribution in [0.5, 0.6) is 11.5 Å². The molecule has 144 valence electrons. The SMILES string of the molecule is CC[C@H](C)N(C(=O)COC(=O)c1ccc(O)cc1O)[C@H]1CCS(=O)(=O)C1. The van der Waals surface area contributed by atoms with Gasteiger partial charge in [-0.2, -0.15) is 0 Å². The minimum atomic E-state index is -3.16. The van der Waals surface area contributed by atoms with Gasteiger partial charge in [0.2, 0.25) is 0 Å². The molecule has 1 aliphatic heterocycles. The van der Waals surface area contributed by atoms with E-state index in [1.165, 1.54) is 17.0 Å². The third kappa shape index (κ3) is 4.66. The van der Waals surface area contributed by atoms with Crippen molar-refractivity contribution in [3.63, 3.8) is 0 Å². The van der Waals surface area contributed by atoms with Crippen LogP contribution in [0.15, 0.2) is 18.2 Å². The van der Waals surface area contributed by atoms with E-state index in [-0.39, 0.29) is 28.9 Å². The second-order valence-electron chi connectivity index (χ2n) is 6.39. The zero-order valence-electron chi connectivity index (χ0n) is 14.7. The van der Waals surface area contributed by atoms with Gasteiger partial charge in [-0.05, 0) is 31.9 Å². The van der Waals surface area contributed by atoms with Gasteiger partial charge in [0.15, 0.2) is 16.4 Å². The normalized spacial score (nSPS) is 19.7. The lowest BCUT2D eigenvalue weighted by Crippen LogP contribution is -2.48. The second kappa shape index (κ2) is 7.94. The van der Waals surface area contributed by atoms with E-state index in [4.69, 9.17) is 4.74 Å². The number of phenols is 2. The Balaban J connectivity index is 2.06. The molecule has 0 spiro atoms. The number of carbonyl (C=O) groups is 2. The summed E-state index contributed by atoms with van der Waals surface area (Å²) in [6.45, 7) is 3.14. The van der Waals surface area contributed by atoms with Crippen LogP contribution in [0.25, 0.3) is 0 Å². The Morgan fingerprint density at radius 3 is 2.58 bits per heavy atom. The molecule has 9 heteroatoms. The molecule has 0 aliphatic carbocycles. The molecule has 0 saturated carbocycles. The van der Waals surface area contributed by atoms with E-state index in [9.17, 15) is 28.2 Å². The Hall–Kier alpha value is -2.29. The number of phenolic OH excluding ortho intramolecular Hbond substituents is 2. The summed E-state index contributed by atoms with van der Waals surface area (Å²) in [5.74, 6) is -2.09. The molecule has 1 amide bonds. The van der Waals surface area contributed by atoms with Crippen LogP contribution < -0.4 is 0 Å². The zero-order valence-corrected chi connectivity index (χ0v) is 15.5. The number of nitrogens with zero attached hydrogens (tertiary/aromatic N) is 1. The Labute approximate surface area is 152 Å². The number of amides is 1. The van der Waals surface area contributed by atoms with E-state index in [1.807, 2.05) is 13.8 Å². The van der Waals surface area contributed by atoms with E-state index >= 15 is 0 Å². The number of aromatic hydroxyl groups is 2. The number of esters is 1. The first kappa shape index (κ1) is 20.0. The molecular formula is C17H23NO7S. The van der Waals surface area contributed by atoms with Crippen molar-refractivity contribution in [2.75, 3.05) is 18.1 Å². The molecule has 2 atom stereocenters. The van der Waals surface area contributed by atoms with Gasteiger partial charge in [-0.3, -0.25) is 4.79 Å². The fraction of sp³-hybridized carbons (Fsp3) is 0.529. The predicted molar refractivity (Wildman–Crippen MR) is 93.7 cm³/mol. The quantitative estimate of drug-likeness (QED) is 0.703. The van der Waals surface area contributed by atoms with E-state index in [1.54, 1.807) is 0 Å². The lowest BCUT2D eigenvalue weighted by Gasteiger charge is -2.33. The molecule has 0 unspecified atom stereocenters. The molecule has 1 saturated heterocycles.